The van der Waals surface area contributed by atoms with Gasteiger partial charge in [0, 0.05) is 83.8 Å². The van der Waals surface area contributed by atoms with Crippen LogP contribution >= 0.6 is 0 Å². The molecule has 0 aliphatic carbocycles. The molecule has 36 heavy (non-hydrogen) atoms. The molecule has 6 rings (SSSR count). The Bertz CT molecular complexity index is 1400. The molecule has 0 saturated carbocycles. The highest BCUT2D eigenvalue weighted by Crippen LogP contribution is 2.44. The highest BCUT2D eigenvalue weighted by atomic mass is 19.1. The number of benzene rings is 2. The van der Waals surface area contributed by atoms with E-state index in [1.165, 1.54) is 31.2 Å². The van der Waals surface area contributed by atoms with Crippen LogP contribution in [0.4, 0.5) is 15.9 Å². The van der Waals surface area contributed by atoms with Gasteiger partial charge in [-0.2, -0.15) is 0 Å². The second-order valence-corrected chi connectivity index (χ2v) is 9.70. The van der Waals surface area contributed by atoms with Crippen molar-refractivity contribution in [2.45, 2.75) is 31.6 Å². The third kappa shape index (κ3) is 3.93. The molecule has 2 fully saturated rings. The van der Waals surface area contributed by atoms with Gasteiger partial charge in [-0.25, -0.2) is 9.37 Å². The Balaban J connectivity index is 1.63. The Morgan fingerprint density at radius 2 is 1.78 bits per heavy atom. The van der Waals surface area contributed by atoms with Gasteiger partial charge in [0.25, 0.3) is 0 Å². The van der Waals surface area contributed by atoms with Gasteiger partial charge in [-0.05, 0) is 74.2 Å². The first-order valence-corrected chi connectivity index (χ1v) is 12.7. The first kappa shape index (κ1) is 22.7. The zero-order chi connectivity index (χ0) is 24.6. The van der Waals surface area contributed by atoms with Gasteiger partial charge in [-0.1, -0.05) is 0 Å². The van der Waals surface area contributed by atoms with E-state index in [0.29, 0.717) is 24.5 Å². The van der Waals surface area contributed by atoms with Crippen LogP contribution < -0.4 is 10.6 Å². The lowest BCUT2D eigenvalue weighted by Gasteiger charge is -2.26. The topological polar surface area (TPSA) is 80.2 Å². The van der Waals surface area contributed by atoms with Crippen molar-refractivity contribution >= 4 is 28.6 Å². The normalized spacial score (nSPS) is 16.6. The number of pyridine rings is 1. The third-order valence-electron chi connectivity index (χ3n) is 7.52. The van der Waals surface area contributed by atoms with Gasteiger partial charge in [0.15, 0.2) is 0 Å². The zero-order valence-corrected chi connectivity index (χ0v) is 20.2. The fourth-order valence-electron chi connectivity index (χ4n) is 5.71. The molecule has 184 valence electrons. The van der Waals surface area contributed by atoms with E-state index in [9.17, 15) is 4.39 Å². The first-order chi connectivity index (χ1) is 17.6. The molecule has 0 unspecified atom stereocenters. The van der Waals surface area contributed by atoms with Crippen molar-refractivity contribution in [2.24, 2.45) is 0 Å². The maximum Gasteiger partial charge on any atom is 0.128 e. The predicted octanol–water partition coefficient (Wildman–Crippen LogP) is 5.91. The number of aromatic nitrogens is 2. The number of nitrogens with two attached hydrogens (primary N) is 1. The molecule has 2 aromatic carbocycles. The number of hydrogen-bond donors (Lipinski definition) is 2. The molecule has 7 heteroatoms. The van der Waals surface area contributed by atoms with Crippen molar-refractivity contribution in [1.82, 2.24) is 9.55 Å². The standard InChI is InChI=1S/C29H30FN5O/c30-22-4-6-23(7-5-22)35-26-15-21(17-31)25(32)16-24(26)28(29(35)19-9-13-36-14-10-19)20-3-8-27(33-18-20)34-11-1-2-12-34/h3-8,15-19,31H,1-2,9-14,32H2. The highest BCUT2D eigenvalue weighted by Gasteiger charge is 2.28. The summed E-state index contributed by atoms with van der Waals surface area (Å²) in [6.45, 7) is 3.50. The maximum atomic E-state index is 13.9. The fourth-order valence-corrected chi connectivity index (χ4v) is 5.71. The number of rotatable bonds is 5. The molecule has 0 bridgehead atoms. The van der Waals surface area contributed by atoms with Gasteiger partial charge >= 0.3 is 0 Å². The van der Waals surface area contributed by atoms with Crippen LogP contribution in [0.2, 0.25) is 0 Å². The van der Waals surface area contributed by atoms with E-state index in [2.05, 4.69) is 21.6 Å². The molecule has 4 heterocycles. The molecular weight excluding hydrogens is 453 g/mol. The average molecular weight is 484 g/mol. The van der Waals surface area contributed by atoms with E-state index >= 15 is 0 Å². The summed E-state index contributed by atoms with van der Waals surface area (Å²) < 4.78 is 21.8. The molecule has 0 amide bonds. The number of nitrogens with one attached hydrogen (secondary N) is 1. The highest BCUT2D eigenvalue weighted by molar-refractivity contribution is 6.04. The van der Waals surface area contributed by atoms with Crippen LogP contribution in [0.1, 0.15) is 42.9 Å². The molecule has 0 spiro atoms. The Labute approximate surface area is 210 Å². The summed E-state index contributed by atoms with van der Waals surface area (Å²) in [6.07, 6.45) is 7.47. The minimum atomic E-state index is -0.269. The van der Waals surface area contributed by atoms with Crippen LogP contribution in [-0.4, -0.2) is 42.1 Å². The quantitative estimate of drug-likeness (QED) is 0.273. The van der Waals surface area contributed by atoms with E-state index in [0.717, 1.165) is 65.2 Å². The van der Waals surface area contributed by atoms with Gasteiger partial charge in [-0.3, -0.25) is 0 Å². The minimum absolute atomic E-state index is 0.258. The molecule has 4 aromatic rings. The molecular formula is C29H30FN5O. The predicted molar refractivity (Wildman–Crippen MR) is 143 cm³/mol. The van der Waals surface area contributed by atoms with Crippen molar-refractivity contribution in [2.75, 3.05) is 36.9 Å². The van der Waals surface area contributed by atoms with E-state index in [1.807, 2.05) is 30.5 Å². The van der Waals surface area contributed by atoms with Crippen LogP contribution in [0.3, 0.4) is 0 Å². The van der Waals surface area contributed by atoms with Gasteiger partial charge in [0.05, 0.1) is 5.52 Å². The van der Waals surface area contributed by atoms with Crippen LogP contribution in [-0.2, 0) is 4.74 Å². The second kappa shape index (κ2) is 9.39. The molecule has 2 saturated heterocycles. The lowest BCUT2D eigenvalue weighted by Crippen LogP contribution is -2.19. The summed E-state index contributed by atoms with van der Waals surface area (Å²) in [4.78, 5) is 7.19. The Kier molecular flexibility index (Phi) is 5.93. The SMILES string of the molecule is N=Cc1cc2c(cc1N)c(-c1ccc(N3CCCC3)nc1)c(C1CCOCC1)n2-c1ccc(F)cc1. The molecule has 0 atom stereocenters. The summed E-state index contributed by atoms with van der Waals surface area (Å²) in [5.41, 5.74) is 12.8. The number of anilines is 2. The van der Waals surface area contributed by atoms with E-state index < -0.39 is 0 Å². The van der Waals surface area contributed by atoms with Gasteiger partial charge in [-0.15, -0.1) is 0 Å². The molecule has 3 N–H and O–H groups in total. The summed E-state index contributed by atoms with van der Waals surface area (Å²) in [7, 11) is 0. The Hall–Kier alpha value is -3.71. The van der Waals surface area contributed by atoms with E-state index in [1.54, 1.807) is 0 Å². The summed E-state index contributed by atoms with van der Waals surface area (Å²) in [5.74, 6) is 1.00. The van der Waals surface area contributed by atoms with Crippen molar-refractivity contribution in [3.05, 3.63) is 71.8 Å². The summed E-state index contributed by atoms with van der Waals surface area (Å²) in [6, 6.07) is 14.8. The number of nitrogen functional groups attached to an aromatic ring is 1. The number of nitrogens with zero attached hydrogens (tertiary/aromatic N) is 3. The van der Waals surface area contributed by atoms with Gasteiger partial charge in [0.1, 0.15) is 11.6 Å². The van der Waals surface area contributed by atoms with Crippen LogP contribution in [0.15, 0.2) is 54.7 Å². The maximum absolute atomic E-state index is 13.9. The summed E-state index contributed by atoms with van der Waals surface area (Å²) in [5, 5.41) is 8.91. The second-order valence-electron chi connectivity index (χ2n) is 9.70. The number of ether oxygens (including phenoxy) is 1. The number of fused-ring (bicyclic) bond motifs is 1. The molecule has 2 aliphatic rings. The first-order valence-electron chi connectivity index (χ1n) is 12.7. The van der Waals surface area contributed by atoms with E-state index in [4.69, 9.17) is 20.9 Å². The van der Waals surface area contributed by atoms with Crippen molar-refractivity contribution < 1.29 is 9.13 Å². The van der Waals surface area contributed by atoms with Gasteiger partial charge < -0.3 is 25.3 Å². The monoisotopic (exact) mass is 483 g/mol. The average Bonchev–Trinajstić information content (AvgIpc) is 3.56. The number of hydrogen-bond acceptors (Lipinski definition) is 5. The lowest BCUT2D eigenvalue weighted by molar-refractivity contribution is 0.0843. The zero-order valence-electron chi connectivity index (χ0n) is 20.2. The smallest absolute Gasteiger partial charge is 0.128 e. The fraction of sp³-hybridized carbons (Fsp3) is 0.310. The van der Waals surface area contributed by atoms with Crippen LogP contribution in [0.25, 0.3) is 27.7 Å². The van der Waals surface area contributed by atoms with Crippen LogP contribution in [0, 0.1) is 11.2 Å². The largest absolute Gasteiger partial charge is 0.398 e. The van der Waals surface area contributed by atoms with Crippen molar-refractivity contribution in [3.8, 4) is 16.8 Å². The van der Waals surface area contributed by atoms with Crippen LogP contribution in [0.5, 0.6) is 0 Å². The van der Waals surface area contributed by atoms with Crippen molar-refractivity contribution in [1.29, 1.82) is 5.41 Å². The Morgan fingerprint density at radius 3 is 2.44 bits per heavy atom. The molecule has 2 aromatic heterocycles. The minimum Gasteiger partial charge on any atom is -0.398 e. The lowest BCUT2D eigenvalue weighted by atomic mass is 9.90. The molecule has 6 nitrogen and oxygen atoms in total. The molecule has 2 aliphatic heterocycles. The van der Waals surface area contributed by atoms with Crippen molar-refractivity contribution in [3.63, 3.8) is 0 Å². The van der Waals surface area contributed by atoms with Gasteiger partial charge in [0.2, 0.25) is 0 Å². The van der Waals surface area contributed by atoms with E-state index in [-0.39, 0.29) is 11.7 Å². The molecule has 0 radical (unpaired) electrons. The Morgan fingerprint density at radius 1 is 1.03 bits per heavy atom. The number of halogens is 1. The third-order valence-corrected chi connectivity index (χ3v) is 7.52. The summed E-state index contributed by atoms with van der Waals surface area (Å²) >= 11 is 0.